The molecule has 1 aromatic heterocycles. The summed E-state index contributed by atoms with van der Waals surface area (Å²) in [4.78, 5) is 10.2. The minimum absolute atomic E-state index is 0.845. The monoisotopic (exact) mass is 244 g/mol. The fourth-order valence-electron chi connectivity index (χ4n) is 1.80. The molecule has 0 amide bonds. The highest BCUT2D eigenvalue weighted by atomic mass is 32.2. The molecule has 2 aromatic rings. The molecule has 88 valence electrons. The lowest BCUT2D eigenvalue weighted by Gasteiger charge is -2.10. The number of nitrogens with zero attached hydrogens (tertiary/aromatic N) is 2. The van der Waals surface area contributed by atoms with Crippen molar-refractivity contribution in [2.45, 2.75) is 37.1 Å². The van der Waals surface area contributed by atoms with Gasteiger partial charge in [0.05, 0.1) is 0 Å². The van der Waals surface area contributed by atoms with Crippen molar-refractivity contribution in [3.63, 3.8) is 0 Å². The number of hydrogen-bond donors (Lipinski definition) is 0. The molecule has 0 N–H and O–H groups in total. The van der Waals surface area contributed by atoms with Crippen molar-refractivity contribution in [3.8, 4) is 0 Å². The Morgan fingerprint density at radius 2 is 1.76 bits per heavy atom. The number of aryl methyl sites for hydroxylation is 2. The number of benzene rings is 1. The van der Waals surface area contributed by atoms with Crippen LogP contribution in [-0.2, 0) is 6.42 Å². The minimum atomic E-state index is 0.845. The summed E-state index contributed by atoms with van der Waals surface area (Å²) in [5.41, 5.74) is 2.35. The van der Waals surface area contributed by atoms with E-state index in [1.54, 1.807) is 11.8 Å². The molecule has 0 radical (unpaired) electrons. The highest BCUT2D eigenvalue weighted by molar-refractivity contribution is 7.99. The van der Waals surface area contributed by atoms with E-state index in [0.29, 0.717) is 0 Å². The molecule has 0 fully saturated rings. The normalized spacial score (nSPS) is 10.5. The van der Waals surface area contributed by atoms with Gasteiger partial charge in [-0.1, -0.05) is 36.9 Å². The Bertz CT molecular complexity index is 509. The summed E-state index contributed by atoms with van der Waals surface area (Å²) >= 11 is 1.72. The van der Waals surface area contributed by atoms with Crippen molar-refractivity contribution in [1.82, 2.24) is 9.97 Å². The van der Waals surface area contributed by atoms with Crippen LogP contribution in [0.25, 0.3) is 0 Å². The summed E-state index contributed by atoms with van der Waals surface area (Å²) < 4.78 is 0. The molecule has 0 saturated carbocycles. The molecule has 1 heterocycles. The van der Waals surface area contributed by atoms with Gasteiger partial charge in [0.1, 0.15) is 10.9 Å². The predicted molar refractivity (Wildman–Crippen MR) is 71.4 cm³/mol. The first-order valence-corrected chi connectivity index (χ1v) is 6.59. The van der Waals surface area contributed by atoms with Crippen LogP contribution < -0.4 is 0 Å². The Labute approximate surface area is 107 Å². The van der Waals surface area contributed by atoms with Crippen LogP contribution in [0.3, 0.4) is 0 Å². The molecule has 0 spiro atoms. The van der Waals surface area contributed by atoms with E-state index in [9.17, 15) is 0 Å². The second-order valence-corrected chi connectivity index (χ2v) is 4.97. The van der Waals surface area contributed by atoms with Gasteiger partial charge in [-0.25, -0.2) is 9.97 Å². The first kappa shape index (κ1) is 12.1. The maximum Gasteiger partial charge on any atom is 0.126 e. The van der Waals surface area contributed by atoms with Gasteiger partial charge in [-0.2, -0.15) is 0 Å². The Balaban J connectivity index is 2.38. The van der Waals surface area contributed by atoms with Gasteiger partial charge in [0, 0.05) is 16.2 Å². The summed E-state index contributed by atoms with van der Waals surface area (Å²) in [5, 5.41) is 1.09. The average molecular weight is 244 g/mol. The molecule has 1 aromatic carbocycles. The van der Waals surface area contributed by atoms with E-state index >= 15 is 0 Å². The van der Waals surface area contributed by atoms with E-state index in [2.05, 4.69) is 48.1 Å². The molecule has 0 aliphatic carbocycles. The van der Waals surface area contributed by atoms with E-state index in [-0.39, 0.29) is 0 Å². The maximum atomic E-state index is 4.55. The highest BCUT2D eigenvalue weighted by Gasteiger charge is 2.09. The van der Waals surface area contributed by atoms with Crippen LogP contribution >= 0.6 is 11.8 Å². The minimum Gasteiger partial charge on any atom is -0.238 e. The lowest BCUT2D eigenvalue weighted by molar-refractivity contribution is 0.869. The first-order chi connectivity index (χ1) is 8.20. The second-order valence-electron chi connectivity index (χ2n) is 3.91. The summed E-state index contributed by atoms with van der Waals surface area (Å²) in [5.74, 6) is 0.845. The van der Waals surface area contributed by atoms with Crippen LogP contribution in [0.4, 0.5) is 0 Å². The van der Waals surface area contributed by atoms with Gasteiger partial charge in [0.25, 0.3) is 0 Å². The first-order valence-electron chi connectivity index (χ1n) is 5.77. The third kappa shape index (κ3) is 2.86. The summed E-state index contributed by atoms with van der Waals surface area (Å²) in [6.45, 7) is 6.15. The molecule has 0 aliphatic rings. The van der Waals surface area contributed by atoms with Gasteiger partial charge in [-0.3, -0.25) is 0 Å². The molecule has 17 heavy (non-hydrogen) atoms. The zero-order valence-corrected chi connectivity index (χ0v) is 11.2. The molecule has 0 saturated heterocycles. The summed E-state index contributed by atoms with van der Waals surface area (Å²) in [6.07, 6.45) is 0.973. The van der Waals surface area contributed by atoms with Gasteiger partial charge in [0.15, 0.2) is 0 Å². The third-order valence-electron chi connectivity index (χ3n) is 2.60. The predicted octanol–water partition coefficient (Wildman–Crippen LogP) is 3.81. The van der Waals surface area contributed by atoms with E-state index in [4.69, 9.17) is 0 Å². The standard InChI is InChI=1S/C14H16N2S/c1-4-13-10(2)15-11(3)16-14(13)17-12-8-6-5-7-9-12/h5-9H,4H2,1-3H3. The molecule has 3 heteroatoms. The molecule has 0 atom stereocenters. The van der Waals surface area contributed by atoms with Gasteiger partial charge >= 0.3 is 0 Å². The van der Waals surface area contributed by atoms with Crippen LogP contribution in [0, 0.1) is 13.8 Å². The largest absolute Gasteiger partial charge is 0.238 e. The topological polar surface area (TPSA) is 25.8 Å². The van der Waals surface area contributed by atoms with Gasteiger partial charge in [-0.05, 0) is 32.4 Å². The highest BCUT2D eigenvalue weighted by Crippen LogP contribution is 2.29. The Morgan fingerprint density at radius 1 is 1.06 bits per heavy atom. The van der Waals surface area contributed by atoms with E-state index in [1.807, 2.05) is 13.0 Å². The zero-order valence-electron chi connectivity index (χ0n) is 10.4. The van der Waals surface area contributed by atoms with Crippen LogP contribution in [0.15, 0.2) is 40.3 Å². The van der Waals surface area contributed by atoms with Crippen molar-refractivity contribution < 1.29 is 0 Å². The van der Waals surface area contributed by atoms with Crippen LogP contribution in [0.5, 0.6) is 0 Å². The second kappa shape index (κ2) is 5.32. The Hall–Kier alpha value is -1.35. The van der Waals surface area contributed by atoms with Crippen LogP contribution in [-0.4, -0.2) is 9.97 Å². The van der Waals surface area contributed by atoms with Crippen molar-refractivity contribution >= 4 is 11.8 Å². The molecule has 2 nitrogen and oxygen atoms in total. The third-order valence-corrected chi connectivity index (χ3v) is 3.64. The van der Waals surface area contributed by atoms with Crippen molar-refractivity contribution in [2.75, 3.05) is 0 Å². The molecule has 2 rings (SSSR count). The zero-order chi connectivity index (χ0) is 12.3. The fraction of sp³-hybridized carbons (Fsp3) is 0.286. The fourth-order valence-corrected chi connectivity index (χ4v) is 2.91. The lowest BCUT2D eigenvalue weighted by Crippen LogP contribution is -2.00. The van der Waals surface area contributed by atoms with E-state index in [1.165, 1.54) is 10.5 Å². The average Bonchev–Trinajstić information content (AvgIpc) is 2.30. The van der Waals surface area contributed by atoms with Crippen molar-refractivity contribution in [2.24, 2.45) is 0 Å². The van der Waals surface area contributed by atoms with Crippen LogP contribution in [0.1, 0.15) is 24.0 Å². The smallest absolute Gasteiger partial charge is 0.126 e. The van der Waals surface area contributed by atoms with E-state index in [0.717, 1.165) is 23.0 Å². The van der Waals surface area contributed by atoms with Crippen LogP contribution in [0.2, 0.25) is 0 Å². The SMILES string of the molecule is CCc1c(C)nc(C)nc1Sc1ccccc1. The van der Waals surface area contributed by atoms with Gasteiger partial charge in [-0.15, -0.1) is 0 Å². The van der Waals surface area contributed by atoms with Gasteiger partial charge in [0.2, 0.25) is 0 Å². The maximum absolute atomic E-state index is 4.55. The molecule has 0 aliphatic heterocycles. The Kier molecular flexibility index (Phi) is 3.79. The van der Waals surface area contributed by atoms with E-state index < -0.39 is 0 Å². The lowest BCUT2D eigenvalue weighted by atomic mass is 10.2. The van der Waals surface area contributed by atoms with Gasteiger partial charge < -0.3 is 0 Å². The molecular weight excluding hydrogens is 228 g/mol. The molecular formula is C14H16N2S. The Morgan fingerprint density at radius 3 is 2.41 bits per heavy atom. The van der Waals surface area contributed by atoms with Crippen molar-refractivity contribution in [3.05, 3.63) is 47.4 Å². The number of rotatable bonds is 3. The number of aromatic nitrogens is 2. The van der Waals surface area contributed by atoms with Crippen molar-refractivity contribution in [1.29, 1.82) is 0 Å². The molecule has 0 unspecified atom stereocenters. The summed E-state index contributed by atoms with van der Waals surface area (Å²) in [7, 11) is 0. The number of hydrogen-bond acceptors (Lipinski definition) is 3. The quantitative estimate of drug-likeness (QED) is 0.768. The molecule has 0 bridgehead atoms. The summed E-state index contributed by atoms with van der Waals surface area (Å²) in [6, 6.07) is 10.3.